The van der Waals surface area contributed by atoms with Crippen LogP contribution in [0.2, 0.25) is 0 Å². The Labute approximate surface area is 109 Å². The van der Waals surface area contributed by atoms with Crippen LogP contribution in [0.5, 0.6) is 0 Å². The Bertz CT molecular complexity index is 352. The third kappa shape index (κ3) is 3.10. The molecule has 0 bridgehead atoms. The van der Waals surface area contributed by atoms with Gasteiger partial charge in [-0.1, -0.05) is 44.2 Å². The van der Waals surface area contributed by atoms with Gasteiger partial charge in [0.1, 0.15) is 0 Å². The molecule has 2 rings (SSSR count). The van der Waals surface area contributed by atoms with E-state index < -0.39 is 0 Å². The fraction of sp³-hybridized carbons (Fsp3) is 0.600. The monoisotopic (exact) mass is 250 g/mol. The lowest BCUT2D eigenvalue weighted by molar-refractivity contribution is -0.0683. The number of hydrogen-bond acceptors (Lipinski definition) is 3. The molecule has 1 fully saturated rings. The highest BCUT2D eigenvalue weighted by molar-refractivity contribution is 5.13. The number of hydrogen-bond donors (Lipinski definition) is 1. The van der Waals surface area contributed by atoms with Crippen LogP contribution in [0.3, 0.4) is 0 Å². The van der Waals surface area contributed by atoms with E-state index in [1.54, 1.807) is 0 Å². The first kappa shape index (κ1) is 13.5. The van der Waals surface area contributed by atoms with E-state index in [0.717, 1.165) is 6.42 Å². The molecular formula is C15H22O3. The summed E-state index contributed by atoms with van der Waals surface area (Å²) in [6.45, 7) is 5.15. The van der Waals surface area contributed by atoms with Gasteiger partial charge in [0.05, 0.1) is 31.5 Å². The number of aliphatic hydroxyl groups excluding tert-OH is 1. The zero-order valence-electron chi connectivity index (χ0n) is 11.1. The van der Waals surface area contributed by atoms with Crippen molar-refractivity contribution in [2.75, 3.05) is 6.61 Å². The van der Waals surface area contributed by atoms with Gasteiger partial charge in [0.2, 0.25) is 0 Å². The Balaban J connectivity index is 1.90. The first-order valence-corrected chi connectivity index (χ1v) is 6.67. The Morgan fingerprint density at radius 3 is 2.67 bits per heavy atom. The highest BCUT2D eigenvalue weighted by Gasteiger charge is 2.37. The van der Waals surface area contributed by atoms with Crippen LogP contribution < -0.4 is 0 Å². The van der Waals surface area contributed by atoms with Crippen molar-refractivity contribution in [3.63, 3.8) is 0 Å². The molecule has 0 radical (unpaired) electrons. The van der Waals surface area contributed by atoms with Gasteiger partial charge in [0, 0.05) is 5.92 Å². The minimum Gasteiger partial charge on any atom is -0.390 e. The summed E-state index contributed by atoms with van der Waals surface area (Å²) in [6, 6.07) is 10.1. The number of benzene rings is 1. The van der Waals surface area contributed by atoms with Crippen molar-refractivity contribution >= 4 is 0 Å². The van der Waals surface area contributed by atoms with Crippen molar-refractivity contribution in [3.8, 4) is 0 Å². The van der Waals surface area contributed by atoms with Gasteiger partial charge in [0.25, 0.3) is 0 Å². The van der Waals surface area contributed by atoms with E-state index in [-0.39, 0.29) is 24.2 Å². The van der Waals surface area contributed by atoms with Gasteiger partial charge in [-0.05, 0) is 12.0 Å². The maximum atomic E-state index is 9.72. The Kier molecular flexibility index (Phi) is 4.75. The fourth-order valence-corrected chi connectivity index (χ4v) is 2.40. The predicted molar refractivity (Wildman–Crippen MR) is 70.2 cm³/mol. The minimum atomic E-state index is -0.357. The molecule has 1 saturated heterocycles. The molecule has 0 saturated carbocycles. The van der Waals surface area contributed by atoms with Crippen LogP contribution in [0.25, 0.3) is 0 Å². The van der Waals surface area contributed by atoms with E-state index in [1.807, 2.05) is 25.1 Å². The summed E-state index contributed by atoms with van der Waals surface area (Å²) in [4.78, 5) is 0. The SMILES string of the molecule is CC[C@@H](OCc1ccccc1)[C@H]1OC[C@H](O)[C@H]1C. The zero-order valence-corrected chi connectivity index (χ0v) is 11.1. The van der Waals surface area contributed by atoms with E-state index in [1.165, 1.54) is 5.56 Å². The average molecular weight is 250 g/mol. The second kappa shape index (κ2) is 6.32. The number of ether oxygens (including phenoxy) is 2. The molecule has 4 atom stereocenters. The number of rotatable bonds is 5. The maximum Gasteiger partial charge on any atom is 0.0888 e. The molecule has 1 aromatic carbocycles. The quantitative estimate of drug-likeness (QED) is 0.872. The van der Waals surface area contributed by atoms with Crippen molar-refractivity contribution in [1.82, 2.24) is 0 Å². The third-order valence-corrected chi connectivity index (χ3v) is 3.66. The summed E-state index contributed by atoms with van der Waals surface area (Å²) in [7, 11) is 0. The van der Waals surface area contributed by atoms with Crippen molar-refractivity contribution in [2.45, 2.75) is 45.2 Å². The average Bonchev–Trinajstić information content (AvgIpc) is 2.73. The van der Waals surface area contributed by atoms with Crippen LogP contribution in [0.4, 0.5) is 0 Å². The molecule has 0 amide bonds. The summed E-state index contributed by atoms with van der Waals surface area (Å²) in [5.74, 6) is 0.144. The molecule has 1 N–H and O–H groups in total. The van der Waals surface area contributed by atoms with E-state index in [4.69, 9.17) is 9.47 Å². The van der Waals surface area contributed by atoms with Crippen LogP contribution in [0.1, 0.15) is 25.8 Å². The van der Waals surface area contributed by atoms with Crippen LogP contribution in [0, 0.1) is 5.92 Å². The molecule has 3 nitrogen and oxygen atoms in total. The second-order valence-corrected chi connectivity index (χ2v) is 4.97. The lowest BCUT2D eigenvalue weighted by atomic mass is 9.96. The molecule has 1 heterocycles. The summed E-state index contributed by atoms with van der Waals surface area (Å²) in [5.41, 5.74) is 1.17. The van der Waals surface area contributed by atoms with Crippen LogP contribution >= 0.6 is 0 Å². The highest BCUT2D eigenvalue weighted by atomic mass is 16.6. The normalized spacial score (nSPS) is 29.4. The fourth-order valence-electron chi connectivity index (χ4n) is 2.40. The Hall–Kier alpha value is -0.900. The molecule has 1 aliphatic heterocycles. The zero-order chi connectivity index (χ0) is 13.0. The summed E-state index contributed by atoms with van der Waals surface area (Å²) in [6.07, 6.45) is 0.601. The standard InChI is InChI=1S/C15H22O3/c1-3-14(15-11(2)13(16)10-18-15)17-9-12-7-5-4-6-8-12/h4-8,11,13-16H,3,9-10H2,1-2H3/t11-,13+,14-,15+/m1/s1. The lowest BCUT2D eigenvalue weighted by Gasteiger charge is -2.25. The molecule has 0 spiro atoms. The van der Waals surface area contributed by atoms with Gasteiger partial charge in [-0.3, -0.25) is 0 Å². The van der Waals surface area contributed by atoms with Gasteiger partial charge >= 0.3 is 0 Å². The van der Waals surface area contributed by atoms with E-state index in [9.17, 15) is 5.11 Å². The highest BCUT2D eigenvalue weighted by Crippen LogP contribution is 2.27. The van der Waals surface area contributed by atoms with Crippen LogP contribution in [-0.2, 0) is 16.1 Å². The topological polar surface area (TPSA) is 38.7 Å². The molecule has 100 valence electrons. The van der Waals surface area contributed by atoms with Crippen molar-refractivity contribution in [1.29, 1.82) is 0 Å². The van der Waals surface area contributed by atoms with E-state index in [0.29, 0.717) is 13.2 Å². The molecule has 1 aliphatic rings. The second-order valence-electron chi connectivity index (χ2n) is 4.97. The van der Waals surface area contributed by atoms with Crippen LogP contribution in [0.15, 0.2) is 30.3 Å². The summed E-state index contributed by atoms with van der Waals surface area (Å²) >= 11 is 0. The smallest absolute Gasteiger partial charge is 0.0888 e. The summed E-state index contributed by atoms with van der Waals surface area (Å²) in [5, 5.41) is 9.72. The molecule has 0 unspecified atom stereocenters. The lowest BCUT2D eigenvalue weighted by Crippen LogP contribution is -2.34. The maximum absolute atomic E-state index is 9.72. The Morgan fingerprint density at radius 2 is 2.11 bits per heavy atom. The van der Waals surface area contributed by atoms with Gasteiger partial charge in [-0.15, -0.1) is 0 Å². The molecule has 3 heteroatoms. The van der Waals surface area contributed by atoms with Gasteiger partial charge in [-0.2, -0.15) is 0 Å². The van der Waals surface area contributed by atoms with Crippen molar-refractivity contribution in [3.05, 3.63) is 35.9 Å². The molecule has 18 heavy (non-hydrogen) atoms. The van der Waals surface area contributed by atoms with Gasteiger partial charge in [-0.25, -0.2) is 0 Å². The first-order valence-electron chi connectivity index (χ1n) is 6.67. The van der Waals surface area contributed by atoms with Crippen molar-refractivity contribution in [2.24, 2.45) is 5.92 Å². The van der Waals surface area contributed by atoms with E-state index in [2.05, 4.69) is 19.1 Å². The molecule has 0 aromatic heterocycles. The van der Waals surface area contributed by atoms with Gasteiger partial charge in [0.15, 0.2) is 0 Å². The van der Waals surface area contributed by atoms with Gasteiger partial charge < -0.3 is 14.6 Å². The van der Waals surface area contributed by atoms with Crippen LogP contribution in [-0.4, -0.2) is 30.0 Å². The first-order chi connectivity index (χ1) is 8.72. The minimum absolute atomic E-state index is 0.00807. The third-order valence-electron chi connectivity index (χ3n) is 3.66. The largest absolute Gasteiger partial charge is 0.390 e. The van der Waals surface area contributed by atoms with Crippen molar-refractivity contribution < 1.29 is 14.6 Å². The molecular weight excluding hydrogens is 228 g/mol. The number of aliphatic hydroxyl groups is 1. The molecule has 1 aromatic rings. The Morgan fingerprint density at radius 1 is 1.39 bits per heavy atom. The molecule has 0 aliphatic carbocycles. The van der Waals surface area contributed by atoms with E-state index >= 15 is 0 Å². The summed E-state index contributed by atoms with van der Waals surface area (Å²) < 4.78 is 11.6. The predicted octanol–water partition coefficient (Wildman–Crippen LogP) is 2.38.